The molecule has 1 aliphatic heterocycles. The fourth-order valence-electron chi connectivity index (χ4n) is 2.89. The number of ether oxygens (including phenoxy) is 2. The highest BCUT2D eigenvalue weighted by Gasteiger charge is 2.24. The van der Waals surface area contributed by atoms with Crippen molar-refractivity contribution in [2.24, 2.45) is 0 Å². The summed E-state index contributed by atoms with van der Waals surface area (Å²) in [6, 6.07) is 0. The van der Waals surface area contributed by atoms with Gasteiger partial charge in [0.25, 0.3) is 0 Å². The van der Waals surface area contributed by atoms with Crippen molar-refractivity contribution >= 4 is 0 Å². The largest absolute Gasteiger partial charge is 0.370 e. The lowest BCUT2D eigenvalue weighted by Gasteiger charge is -2.36. The van der Waals surface area contributed by atoms with Crippen LogP contribution in [0.4, 0.5) is 0 Å². The van der Waals surface area contributed by atoms with Crippen molar-refractivity contribution in [2.75, 3.05) is 46.7 Å². The second kappa shape index (κ2) is 12.4. The van der Waals surface area contributed by atoms with Crippen LogP contribution in [0, 0.1) is 0 Å². The minimum absolute atomic E-state index is 0.862. The van der Waals surface area contributed by atoms with Crippen molar-refractivity contribution in [3.8, 4) is 0 Å². The molecular formula is C18H38NO2+. The van der Waals surface area contributed by atoms with Crippen LogP contribution in [0.5, 0.6) is 0 Å². The molecule has 3 heteroatoms. The molecular weight excluding hydrogens is 262 g/mol. The number of unbranched alkanes of at least 4 members (excludes halogenated alkanes) is 9. The van der Waals surface area contributed by atoms with Crippen LogP contribution in [-0.2, 0) is 9.47 Å². The Morgan fingerprint density at radius 1 is 0.810 bits per heavy atom. The van der Waals surface area contributed by atoms with Gasteiger partial charge in [0, 0.05) is 0 Å². The van der Waals surface area contributed by atoms with Crippen molar-refractivity contribution in [3.05, 3.63) is 0 Å². The van der Waals surface area contributed by atoms with Crippen LogP contribution in [-0.4, -0.2) is 51.2 Å². The standard InChI is InChI=1S/C18H38NO2/c1-3-4-5-6-7-8-9-10-11-12-15-21-18-19(2)13-16-20-17-14-19/h3-18H2,1-2H3/q+1. The highest BCUT2D eigenvalue weighted by Crippen LogP contribution is 2.11. The van der Waals surface area contributed by atoms with Gasteiger partial charge in [0.1, 0.15) is 13.1 Å². The zero-order valence-corrected chi connectivity index (χ0v) is 14.6. The third-order valence-corrected chi connectivity index (χ3v) is 4.60. The Bertz CT molecular complexity index is 227. The van der Waals surface area contributed by atoms with Crippen molar-refractivity contribution < 1.29 is 14.0 Å². The number of quaternary nitrogens is 1. The lowest BCUT2D eigenvalue weighted by Crippen LogP contribution is -2.53. The zero-order chi connectivity index (χ0) is 15.2. The molecule has 126 valence electrons. The molecule has 0 aromatic rings. The van der Waals surface area contributed by atoms with Crippen molar-refractivity contribution in [1.82, 2.24) is 0 Å². The number of likely N-dealkylation sites (N-methyl/N-ethyl adjacent to an activating group) is 1. The summed E-state index contributed by atoms with van der Waals surface area (Å²) >= 11 is 0. The lowest BCUT2D eigenvalue weighted by molar-refractivity contribution is -0.934. The first-order valence-corrected chi connectivity index (χ1v) is 9.26. The quantitative estimate of drug-likeness (QED) is 0.372. The predicted molar refractivity (Wildman–Crippen MR) is 89.4 cm³/mol. The normalized spacial score (nSPS) is 18.0. The van der Waals surface area contributed by atoms with E-state index in [1.165, 1.54) is 64.2 Å². The van der Waals surface area contributed by atoms with Crippen molar-refractivity contribution in [1.29, 1.82) is 0 Å². The first-order valence-electron chi connectivity index (χ1n) is 9.26. The van der Waals surface area contributed by atoms with Crippen LogP contribution >= 0.6 is 0 Å². The van der Waals surface area contributed by atoms with Gasteiger partial charge in [-0.3, -0.25) is 4.48 Å². The Hall–Kier alpha value is -0.120. The summed E-state index contributed by atoms with van der Waals surface area (Å²) in [5.74, 6) is 0. The topological polar surface area (TPSA) is 18.5 Å². The maximum Gasteiger partial charge on any atom is 0.183 e. The minimum atomic E-state index is 0.862. The minimum Gasteiger partial charge on any atom is -0.370 e. The monoisotopic (exact) mass is 300 g/mol. The van der Waals surface area contributed by atoms with Crippen molar-refractivity contribution in [2.45, 2.75) is 71.1 Å². The second-order valence-corrected chi connectivity index (χ2v) is 6.90. The Balaban J connectivity index is 1.78. The molecule has 0 aromatic heterocycles. The molecule has 1 aliphatic rings. The van der Waals surface area contributed by atoms with Gasteiger partial charge in [-0.25, -0.2) is 0 Å². The van der Waals surface area contributed by atoms with E-state index in [0.717, 1.165) is 44.1 Å². The van der Waals surface area contributed by atoms with E-state index < -0.39 is 0 Å². The summed E-state index contributed by atoms with van der Waals surface area (Å²) in [7, 11) is 2.28. The van der Waals surface area contributed by atoms with Crippen LogP contribution in [0.1, 0.15) is 71.1 Å². The van der Waals surface area contributed by atoms with Crippen LogP contribution in [0.3, 0.4) is 0 Å². The molecule has 0 bridgehead atoms. The van der Waals surface area contributed by atoms with Gasteiger partial charge in [-0.05, 0) is 6.42 Å². The summed E-state index contributed by atoms with van der Waals surface area (Å²) in [5, 5.41) is 0. The number of hydrogen-bond donors (Lipinski definition) is 0. The molecule has 1 fully saturated rings. The second-order valence-electron chi connectivity index (χ2n) is 6.90. The van der Waals surface area contributed by atoms with E-state index in [1.807, 2.05) is 0 Å². The molecule has 3 nitrogen and oxygen atoms in total. The van der Waals surface area contributed by atoms with Gasteiger partial charge in [-0.2, -0.15) is 0 Å². The smallest absolute Gasteiger partial charge is 0.183 e. The molecule has 0 atom stereocenters. The third kappa shape index (κ3) is 10.3. The first kappa shape index (κ1) is 18.9. The molecule has 0 amide bonds. The molecule has 1 rings (SSSR count). The summed E-state index contributed by atoms with van der Waals surface area (Å²) < 4.78 is 12.3. The highest BCUT2D eigenvalue weighted by molar-refractivity contribution is 4.47. The fourth-order valence-corrected chi connectivity index (χ4v) is 2.89. The Kier molecular flexibility index (Phi) is 11.2. The SMILES string of the molecule is CCCCCCCCCCCCOC[N+]1(C)CCOCC1. The molecule has 1 saturated heterocycles. The predicted octanol–water partition coefficient (Wildman–Crippen LogP) is 4.36. The van der Waals surface area contributed by atoms with E-state index in [1.54, 1.807) is 0 Å². The van der Waals surface area contributed by atoms with Crippen LogP contribution < -0.4 is 0 Å². The summed E-state index contributed by atoms with van der Waals surface area (Å²) in [4.78, 5) is 0. The van der Waals surface area contributed by atoms with Gasteiger partial charge >= 0.3 is 0 Å². The molecule has 0 saturated carbocycles. The average molecular weight is 301 g/mol. The lowest BCUT2D eigenvalue weighted by atomic mass is 10.1. The van der Waals surface area contributed by atoms with Crippen LogP contribution in [0.2, 0.25) is 0 Å². The van der Waals surface area contributed by atoms with E-state index in [2.05, 4.69) is 14.0 Å². The maximum absolute atomic E-state index is 5.86. The molecule has 0 N–H and O–H groups in total. The van der Waals surface area contributed by atoms with Gasteiger partial charge in [0.2, 0.25) is 0 Å². The van der Waals surface area contributed by atoms with Crippen molar-refractivity contribution in [3.63, 3.8) is 0 Å². The van der Waals surface area contributed by atoms with Crippen LogP contribution in [0.15, 0.2) is 0 Å². The molecule has 0 radical (unpaired) electrons. The van der Waals surface area contributed by atoms with Gasteiger partial charge in [0.05, 0.1) is 26.9 Å². The number of hydrogen-bond acceptors (Lipinski definition) is 2. The first-order chi connectivity index (χ1) is 10.3. The molecule has 0 aliphatic carbocycles. The van der Waals surface area contributed by atoms with E-state index in [0.29, 0.717) is 0 Å². The Morgan fingerprint density at radius 2 is 1.33 bits per heavy atom. The average Bonchev–Trinajstić information content (AvgIpc) is 2.49. The fraction of sp³-hybridized carbons (Fsp3) is 1.00. The summed E-state index contributed by atoms with van der Waals surface area (Å²) in [5.41, 5.74) is 0. The molecule has 0 unspecified atom stereocenters. The van der Waals surface area contributed by atoms with Crippen LogP contribution in [0.25, 0.3) is 0 Å². The third-order valence-electron chi connectivity index (χ3n) is 4.60. The summed E-state index contributed by atoms with van der Waals surface area (Å²) in [6.45, 7) is 8.04. The van der Waals surface area contributed by atoms with Gasteiger partial charge in [0.15, 0.2) is 6.73 Å². The molecule has 0 aromatic carbocycles. The Morgan fingerprint density at radius 3 is 1.90 bits per heavy atom. The van der Waals surface area contributed by atoms with E-state index >= 15 is 0 Å². The van der Waals surface area contributed by atoms with Gasteiger partial charge < -0.3 is 9.47 Å². The van der Waals surface area contributed by atoms with E-state index in [4.69, 9.17) is 9.47 Å². The zero-order valence-electron chi connectivity index (χ0n) is 14.6. The molecule has 21 heavy (non-hydrogen) atoms. The van der Waals surface area contributed by atoms with E-state index in [9.17, 15) is 0 Å². The van der Waals surface area contributed by atoms with E-state index in [-0.39, 0.29) is 0 Å². The van der Waals surface area contributed by atoms with Gasteiger partial charge in [-0.1, -0.05) is 64.7 Å². The van der Waals surface area contributed by atoms with Gasteiger partial charge in [-0.15, -0.1) is 0 Å². The Labute approximate surface area is 132 Å². The molecule has 1 heterocycles. The number of nitrogens with zero attached hydrogens (tertiary/aromatic N) is 1. The highest BCUT2D eigenvalue weighted by atomic mass is 16.5. The molecule has 0 spiro atoms. The summed E-state index contributed by atoms with van der Waals surface area (Å²) in [6.07, 6.45) is 13.9. The number of rotatable bonds is 13. The maximum atomic E-state index is 5.86. The number of morpholine rings is 1.